The average Bonchev–Trinajstić information content (AvgIpc) is 1.59. The molecule has 0 fully saturated rings. The van der Waals surface area contributed by atoms with E-state index in [9.17, 15) is 36.8 Å². The summed E-state index contributed by atoms with van der Waals surface area (Å²) >= 11 is 0. The van der Waals surface area contributed by atoms with E-state index < -0.39 is 0 Å². The molecule has 0 aliphatic carbocycles. The van der Waals surface area contributed by atoms with Crippen LogP contribution in [0.15, 0.2) is 467 Å². The predicted octanol–water partition coefficient (Wildman–Crippen LogP) is 32.7. The van der Waals surface area contributed by atoms with Gasteiger partial charge in [0.1, 0.15) is 6.07 Å². The number of para-hydroxylation sites is 9. The van der Waals surface area contributed by atoms with E-state index in [0.29, 0.717) is 38.9 Å². The normalized spacial score (nSPS) is 11.2. The van der Waals surface area contributed by atoms with Gasteiger partial charge in [-0.05, 0) is 262 Å². The van der Waals surface area contributed by atoms with E-state index in [-0.39, 0.29) is 0 Å². The zero-order valence-corrected chi connectivity index (χ0v) is 78.3. The monoisotopic (exact) mass is 1860 g/mol. The van der Waals surface area contributed by atoms with Crippen LogP contribution in [0.5, 0.6) is 0 Å². The van der Waals surface area contributed by atoms with Crippen LogP contribution in [-0.4, -0.2) is 27.4 Å². The van der Waals surface area contributed by atoms with Crippen LogP contribution in [0.3, 0.4) is 0 Å². The van der Waals surface area contributed by atoms with E-state index in [2.05, 4.69) is 385 Å². The quantitative estimate of drug-likeness (QED) is 0.116. The number of benzene rings is 21. The maximum Gasteiger partial charge on any atom is 0.101 e. The van der Waals surface area contributed by atoms with Crippen LogP contribution < -0.4 is 0 Å². The van der Waals surface area contributed by atoms with E-state index in [1.54, 1.807) is 0 Å². The first-order valence-electron chi connectivity index (χ1n) is 48.1. The third-order valence-corrected chi connectivity index (χ3v) is 28.4. The Morgan fingerprint density at radius 3 is 0.699 bits per heavy atom. The van der Waals surface area contributed by atoms with Crippen LogP contribution in [0.2, 0.25) is 0 Å². The number of aromatic nitrogens is 6. The third kappa shape index (κ3) is 14.4. The maximum absolute atomic E-state index is 9.99. The Balaban J connectivity index is 0.000000114. The Morgan fingerprint density at radius 1 is 0.130 bits per heavy atom. The summed E-state index contributed by atoms with van der Waals surface area (Å²) in [5, 5.41) is 81.2. The number of hydrogen-bond donors (Lipinski definition) is 0. The highest BCUT2D eigenvalue weighted by Crippen LogP contribution is 2.49. The lowest BCUT2D eigenvalue weighted by atomic mass is 9.92. The molecule has 0 saturated heterocycles. The molecule has 0 unspecified atom stereocenters. The fourth-order valence-corrected chi connectivity index (χ4v) is 22.0. The van der Waals surface area contributed by atoms with Gasteiger partial charge in [-0.25, -0.2) is 0 Å². The van der Waals surface area contributed by atoms with Gasteiger partial charge in [-0.15, -0.1) is 0 Å². The van der Waals surface area contributed by atoms with Gasteiger partial charge >= 0.3 is 0 Å². The Kier molecular flexibility index (Phi) is 21.3. The Bertz CT molecular complexity index is 10400. The molecule has 6 heterocycles. The lowest BCUT2D eigenvalue weighted by molar-refractivity contribution is 1.17. The first-order valence-corrected chi connectivity index (χ1v) is 48.1. The molecule has 27 aromatic rings. The summed E-state index contributed by atoms with van der Waals surface area (Å²) in [6, 6.07) is 176. The molecule has 21 aromatic carbocycles. The molecule has 27 rings (SSSR count). The summed E-state index contributed by atoms with van der Waals surface area (Å²) in [7, 11) is 0. The molecule has 13 nitrogen and oxygen atoms in total. The van der Waals surface area contributed by atoms with Gasteiger partial charge in [0.2, 0.25) is 0 Å². The minimum atomic E-state index is 0.579. The molecule has 0 bridgehead atoms. The number of nitriles is 7. The van der Waals surface area contributed by atoms with E-state index in [1.165, 1.54) is 43.6 Å². The van der Waals surface area contributed by atoms with E-state index in [4.69, 9.17) is 0 Å². The molecule has 6 aromatic heterocycles. The summed E-state index contributed by atoms with van der Waals surface area (Å²) < 4.78 is 13.6. The molecular formula is C133H77N13. The molecule has 0 aliphatic rings. The first kappa shape index (κ1) is 86.4. The predicted molar refractivity (Wildman–Crippen MR) is 591 cm³/mol. The van der Waals surface area contributed by atoms with Crippen molar-refractivity contribution in [2.24, 2.45) is 0 Å². The highest BCUT2D eigenvalue weighted by Gasteiger charge is 2.27. The summed E-state index contributed by atoms with van der Waals surface area (Å²) in [6.45, 7) is 0. The fourth-order valence-electron chi connectivity index (χ4n) is 22.0. The van der Waals surface area contributed by atoms with Crippen molar-refractivity contribution in [3.63, 3.8) is 0 Å². The summed E-state index contributed by atoms with van der Waals surface area (Å²) in [5.74, 6) is 0. The van der Waals surface area contributed by atoms with E-state index in [0.717, 1.165) is 188 Å². The number of nitrogens with zero attached hydrogens (tertiary/aromatic N) is 13. The largest absolute Gasteiger partial charge is 0.309 e. The van der Waals surface area contributed by atoms with Crippen LogP contribution in [0.4, 0.5) is 0 Å². The average molecular weight is 1860 g/mol. The van der Waals surface area contributed by atoms with Crippen molar-refractivity contribution in [2.45, 2.75) is 0 Å². The lowest BCUT2D eigenvalue weighted by Gasteiger charge is -2.17. The van der Waals surface area contributed by atoms with Crippen molar-refractivity contribution >= 4 is 131 Å². The highest BCUT2D eigenvalue weighted by atomic mass is 15.0. The van der Waals surface area contributed by atoms with Crippen LogP contribution >= 0.6 is 0 Å². The van der Waals surface area contributed by atoms with Gasteiger partial charge in [-0.2, -0.15) is 36.8 Å². The Labute approximate surface area is 838 Å². The second kappa shape index (κ2) is 36.0. The van der Waals surface area contributed by atoms with Crippen molar-refractivity contribution in [3.05, 3.63) is 506 Å². The van der Waals surface area contributed by atoms with Crippen molar-refractivity contribution < 1.29 is 0 Å². The molecular weight excluding hydrogens is 1780 g/mol. The fraction of sp³-hybridized carbons (Fsp3) is 0. The van der Waals surface area contributed by atoms with Gasteiger partial charge in [-0.3, -0.25) is 0 Å². The molecule has 146 heavy (non-hydrogen) atoms. The smallest absolute Gasteiger partial charge is 0.101 e. The molecule has 674 valence electrons. The molecule has 0 radical (unpaired) electrons. The van der Waals surface area contributed by atoms with Crippen LogP contribution in [0, 0.1) is 79.3 Å². The highest BCUT2D eigenvalue weighted by molar-refractivity contribution is 6.17. The molecule has 0 amide bonds. The van der Waals surface area contributed by atoms with Crippen LogP contribution in [0.1, 0.15) is 38.9 Å². The van der Waals surface area contributed by atoms with E-state index >= 15 is 0 Å². The Morgan fingerprint density at radius 2 is 0.363 bits per heavy atom. The van der Waals surface area contributed by atoms with Crippen LogP contribution in [0.25, 0.3) is 232 Å². The standard InChI is InChI=1S/C45H25N5.2C44H26N4/c46-26-29-17-20-43-37(23-29)36-13-5-8-16-42(36)50(43)41-15-7-4-12-35(41)34-11-3-2-10-33(34)31-19-22-45-39(25-31)38-24-30(27-47)18-21-44(38)49(45)40-14-6-1-9-32(40)28-48;45-27-29-10-9-11-32(24-29)47-43-22-20-30(28-46)25-38(43)39-26-31(21-23-44(39)47)33-12-1-2-13-34(33)35-14-3-6-17-40(35)48-41-18-7-4-15-36(41)37-16-5-8-19-42(37)48;45-27-29-17-21-32(22-18-29)47-43-23-19-30(28-46)25-38(43)39-26-31(20-24-44(39)47)33-9-1-2-10-34(33)35-11-3-6-14-40(35)48-41-15-7-4-12-36(41)37-13-5-8-16-42(37)48/h1-25H;2*1-26H. The third-order valence-electron chi connectivity index (χ3n) is 28.4. The van der Waals surface area contributed by atoms with Gasteiger partial charge in [-0.1, -0.05) is 255 Å². The van der Waals surface area contributed by atoms with Crippen LogP contribution in [-0.2, 0) is 0 Å². The number of hydrogen-bond acceptors (Lipinski definition) is 7. The SMILES string of the molecule is N#Cc1ccc(-n2c3ccc(C#N)cc3c3cc(-c4ccccc4-c4ccccc4-n4c5ccccc5c5ccccc54)ccc32)cc1.N#Cc1ccc2c(c1)c1cc(-c3ccccc3-c3ccccc3-n3c4ccccc4c4cc(C#N)ccc43)ccc1n2-c1ccccc1C#N.N#Cc1cccc(-n2c3ccc(C#N)cc3c3cc(-c4ccccc4-c4ccccc4-n4c5ccccc5c5ccccc54)ccc32)c1. The summed E-state index contributed by atoms with van der Waals surface area (Å²) in [4.78, 5) is 0. The molecule has 0 spiro atoms. The zero-order chi connectivity index (χ0) is 98.2. The second-order valence-electron chi connectivity index (χ2n) is 36.3. The lowest BCUT2D eigenvalue weighted by Crippen LogP contribution is -1.98. The van der Waals surface area contributed by atoms with Crippen molar-refractivity contribution in [1.82, 2.24) is 27.4 Å². The second-order valence-corrected chi connectivity index (χ2v) is 36.3. The summed E-state index contributed by atoms with van der Waals surface area (Å²) in [6.07, 6.45) is 0. The molecule has 0 N–H and O–H groups in total. The zero-order valence-electron chi connectivity index (χ0n) is 78.3. The van der Waals surface area contributed by atoms with Gasteiger partial charge in [0.15, 0.2) is 0 Å². The van der Waals surface area contributed by atoms with Crippen molar-refractivity contribution in [3.8, 4) is 143 Å². The van der Waals surface area contributed by atoms with Crippen molar-refractivity contribution in [1.29, 1.82) is 36.8 Å². The minimum Gasteiger partial charge on any atom is -0.309 e. The maximum atomic E-state index is 9.99. The van der Waals surface area contributed by atoms with Crippen molar-refractivity contribution in [2.75, 3.05) is 0 Å². The number of fused-ring (bicyclic) bond motifs is 18. The molecule has 0 aliphatic heterocycles. The topological polar surface area (TPSA) is 196 Å². The molecule has 0 atom stereocenters. The van der Waals surface area contributed by atoms with Gasteiger partial charge in [0, 0.05) is 92.7 Å². The minimum absolute atomic E-state index is 0.579. The number of rotatable bonds is 12. The molecule has 13 heteroatoms. The van der Waals surface area contributed by atoms with E-state index in [1.807, 2.05) is 152 Å². The van der Waals surface area contributed by atoms with Gasteiger partial charge in [0.25, 0.3) is 0 Å². The van der Waals surface area contributed by atoms with Gasteiger partial charge in [0.05, 0.1) is 164 Å². The van der Waals surface area contributed by atoms with Gasteiger partial charge < -0.3 is 27.4 Å². The Hall–Kier alpha value is -21.1. The first-order chi connectivity index (χ1) is 72.1. The molecule has 0 saturated carbocycles. The summed E-state index contributed by atoms with van der Waals surface area (Å²) in [5.41, 5.74) is 36.2.